The third-order valence-corrected chi connectivity index (χ3v) is 9.02. The average molecular weight is 788 g/mol. The summed E-state index contributed by atoms with van der Waals surface area (Å²) in [5.41, 5.74) is 0.424. The first-order valence-corrected chi connectivity index (χ1v) is 17.8. The maximum absolute atomic E-state index is 15.3. The van der Waals surface area contributed by atoms with Crippen LogP contribution in [0.2, 0.25) is 0 Å². The molecular weight excluding hydrogens is 749 g/mol. The van der Waals surface area contributed by atoms with Gasteiger partial charge in [0.25, 0.3) is 11.8 Å². The summed E-state index contributed by atoms with van der Waals surface area (Å²) >= 11 is 0. The van der Waals surface area contributed by atoms with Gasteiger partial charge in [-0.1, -0.05) is 13.8 Å². The quantitative estimate of drug-likeness (QED) is 0.138. The number of amides is 4. The zero-order valence-electron chi connectivity index (χ0n) is 31.3. The van der Waals surface area contributed by atoms with Gasteiger partial charge in [0.05, 0.1) is 35.5 Å². The smallest absolute Gasteiger partial charge is 0.254 e. The van der Waals surface area contributed by atoms with Crippen molar-refractivity contribution in [2.75, 3.05) is 23.9 Å². The zero-order valence-corrected chi connectivity index (χ0v) is 31.3. The minimum Gasteiger partial charge on any atom is -0.340 e. The lowest BCUT2D eigenvalue weighted by atomic mass is 10.0. The highest BCUT2D eigenvalue weighted by atomic mass is 19.1. The Morgan fingerprint density at radius 2 is 1.09 bits per heavy atom. The minimum absolute atomic E-state index is 0.0133. The molecule has 0 saturated carbocycles. The van der Waals surface area contributed by atoms with Crippen LogP contribution in [0.4, 0.5) is 33.3 Å². The molecule has 0 aliphatic heterocycles. The van der Waals surface area contributed by atoms with Crippen LogP contribution >= 0.6 is 0 Å². The monoisotopic (exact) mass is 787 g/mol. The Labute approximate surface area is 325 Å². The topological polar surface area (TPSA) is 137 Å². The van der Waals surface area contributed by atoms with Crippen LogP contribution in [0.15, 0.2) is 85.3 Å². The Morgan fingerprint density at radius 3 is 1.56 bits per heavy atom. The van der Waals surface area contributed by atoms with E-state index in [2.05, 4.69) is 25.6 Å². The summed E-state index contributed by atoms with van der Waals surface area (Å²) in [5, 5.41) is 4.95. The summed E-state index contributed by atoms with van der Waals surface area (Å²) in [6, 6.07) is 8.42. The fourth-order valence-electron chi connectivity index (χ4n) is 5.90. The maximum Gasteiger partial charge on any atom is 0.254 e. The van der Waals surface area contributed by atoms with Gasteiger partial charge in [-0.2, -0.15) is 0 Å². The number of pyridine rings is 1. The number of hydrogen-bond acceptors (Lipinski definition) is 7. The van der Waals surface area contributed by atoms with Crippen LogP contribution in [0, 0.1) is 29.1 Å². The molecule has 2 atom stereocenters. The van der Waals surface area contributed by atoms with Gasteiger partial charge < -0.3 is 20.4 Å². The zero-order chi connectivity index (χ0) is 41.4. The Kier molecular flexibility index (Phi) is 13.4. The van der Waals surface area contributed by atoms with E-state index >= 15 is 4.39 Å². The molecule has 57 heavy (non-hydrogen) atoms. The molecule has 2 heterocycles. The number of hydrogen-bond donors (Lipinski definition) is 2. The van der Waals surface area contributed by atoms with E-state index in [0.717, 1.165) is 53.1 Å². The molecule has 3 aromatic carbocycles. The summed E-state index contributed by atoms with van der Waals surface area (Å²) in [6.07, 6.45) is 4.62. The molecule has 5 aromatic rings. The first kappa shape index (κ1) is 41.6. The summed E-state index contributed by atoms with van der Waals surface area (Å²) < 4.78 is 71.9. The predicted octanol–water partition coefficient (Wildman–Crippen LogP) is 5.70. The van der Waals surface area contributed by atoms with E-state index < -0.39 is 76.8 Å². The first-order chi connectivity index (χ1) is 27.1. The van der Waals surface area contributed by atoms with Gasteiger partial charge in [0, 0.05) is 56.7 Å². The molecule has 296 valence electrons. The van der Waals surface area contributed by atoms with Crippen molar-refractivity contribution in [1.82, 2.24) is 25.6 Å². The van der Waals surface area contributed by atoms with E-state index in [1.54, 1.807) is 12.1 Å². The van der Waals surface area contributed by atoms with Crippen molar-refractivity contribution in [3.8, 4) is 0 Å². The second-order valence-electron chi connectivity index (χ2n) is 13.1. The van der Waals surface area contributed by atoms with Crippen LogP contribution in [0.3, 0.4) is 0 Å². The maximum atomic E-state index is 15.3. The Morgan fingerprint density at radius 1 is 0.596 bits per heavy atom. The third kappa shape index (κ3) is 10.6. The summed E-state index contributed by atoms with van der Waals surface area (Å²) in [5.74, 6) is -7.81. The lowest BCUT2D eigenvalue weighted by Crippen LogP contribution is -2.49. The van der Waals surface area contributed by atoms with Crippen LogP contribution in [0.1, 0.15) is 57.2 Å². The van der Waals surface area contributed by atoms with Crippen LogP contribution < -0.4 is 20.4 Å². The van der Waals surface area contributed by atoms with Gasteiger partial charge in [-0.3, -0.25) is 24.2 Å². The number of aromatic nitrogens is 3. The summed E-state index contributed by atoms with van der Waals surface area (Å²) in [4.78, 5) is 70.0. The van der Waals surface area contributed by atoms with Gasteiger partial charge >= 0.3 is 0 Å². The predicted molar refractivity (Wildman–Crippen MR) is 201 cm³/mol. The molecule has 0 radical (unpaired) electrons. The largest absolute Gasteiger partial charge is 0.340 e. The second kappa shape index (κ2) is 18.4. The normalized spacial score (nSPS) is 12.0. The van der Waals surface area contributed by atoms with Crippen molar-refractivity contribution >= 4 is 35.0 Å². The summed E-state index contributed by atoms with van der Waals surface area (Å²) in [7, 11) is 2.80. The van der Waals surface area contributed by atoms with Gasteiger partial charge in [-0.25, -0.2) is 31.9 Å². The van der Waals surface area contributed by atoms with Gasteiger partial charge in [0.15, 0.2) is 0 Å². The van der Waals surface area contributed by atoms with Gasteiger partial charge in [0.2, 0.25) is 11.8 Å². The van der Waals surface area contributed by atoms with Crippen molar-refractivity contribution in [2.45, 2.75) is 51.6 Å². The number of carbonyl (C=O) groups excluding carboxylic acids is 4. The standard InChI is InChI=1S/C41H38F5N7O4/c1-5-30-8-9-31(20-47-30)52(3)40(56)36(16-24-13-28(44)19-29(45)14-24)51-39(55)33-17-25(7-10-34(33)46)38(54)50-35(15-23-11-26(42)18-27(43)12-23)41(57)53(4)32-21-48-37(6-2)49-22-32/h7-14,17-22,35-36H,5-6,15-16H2,1-4H3,(H,50,54)(H,51,55)/t35-,36-/m0/s1. The van der Waals surface area contributed by atoms with Crippen LogP contribution in [0.25, 0.3) is 0 Å². The molecule has 0 unspecified atom stereocenters. The number of benzene rings is 3. The fraction of sp³-hybridized carbons (Fsp3) is 0.244. The Hall–Kier alpha value is -6.58. The Bertz CT molecular complexity index is 2240. The lowest BCUT2D eigenvalue weighted by molar-refractivity contribution is -0.120. The van der Waals surface area contributed by atoms with Crippen LogP contribution in [0.5, 0.6) is 0 Å². The number of likely N-dealkylation sites (N-methyl/N-ethyl adjacent to an activating group) is 2. The van der Waals surface area contributed by atoms with Gasteiger partial charge in [0.1, 0.15) is 47.0 Å². The number of carbonyl (C=O) groups is 4. The van der Waals surface area contributed by atoms with E-state index in [-0.39, 0.29) is 28.8 Å². The molecule has 0 aliphatic carbocycles. The number of halogens is 5. The molecular formula is C41H38F5N7O4. The van der Waals surface area contributed by atoms with E-state index in [4.69, 9.17) is 0 Å². The first-order valence-electron chi connectivity index (χ1n) is 17.8. The van der Waals surface area contributed by atoms with E-state index in [0.29, 0.717) is 36.5 Å². The molecule has 11 nitrogen and oxygen atoms in total. The van der Waals surface area contributed by atoms with Crippen LogP contribution in [-0.2, 0) is 35.3 Å². The highest BCUT2D eigenvalue weighted by Crippen LogP contribution is 2.20. The number of anilines is 2. The highest BCUT2D eigenvalue weighted by molar-refractivity contribution is 6.05. The molecule has 2 aromatic heterocycles. The van der Waals surface area contributed by atoms with E-state index in [9.17, 15) is 36.7 Å². The van der Waals surface area contributed by atoms with E-state index in [1.807, 2.05) is 13.8 Å². The number of rotatable bonds is 14. The average Bonchev–Trinajstić information content (AvgIpc) is 3.18. The molecule has 0 saturated heterocycles. The molecule has 0 fully saturated rings. The SMILES string of the molecule is CCc1ccc(N(C)C(=O)[C@H](Cc2cc(F)cc(F)c2)NC(=O)c2cc(C(=O)N[C@@H](Cc3cc(F)cc(F)c3)C(=O)N(C)c3cnc(CC)nc3)ccc2F)cn1. The molecule has 2 N–H and O–H groups in total. The molecule has 4 amide bonds. The molecule has 16 heteroatoms. The lowest BCUT2D eigenvalue weighted by Gasteiger charge is -2.25. The fourth-order valence-corrected chi connectivity index (χ4v) is 5.90. The van der Waals surface area contributed by atoms with Crippen molar-refractivity contribution < 1.29 is 41.1 Å². The molecule has 0 spiro atoms. The van der Waals surface area contributed by atoms with E-state index in [1.165, 1.54) is 37.6 Å². The van der Waals surface area contributed by atoms with Crippen molar-refractivity contribution in [3.05, 3.63) is 148 Å². The minimum atomic E-state index is -1.49. The van der Waals surface area contributed by atoms with Crippen LogP contribution in [-0.4, -0.2) is 64.8 Å². The molecule has 5 rings (SSSR count). The van der Waals surface area contributed by atoms with Gasteiger partial charge in [-0.05, 0) is 72.1 Å². The van der Waals surface area contributed by atoms with Crippen molar-refractivity contribution in [3.63, 3.8) is 0 Å². The molecule has 0 aliphatic rings. The molecule has 0 bridgehead atoms. The Balaban J connectivity index is 1.42. The number of nitrogens with zero attached hydrogens (tertiary/aromatic N) is 5. The summed E-state index contributed by atoms with van der Waals surface area (Å²) in [6.45, 7) is 3.74. The number of nitrogens with one attached hydrogen (secondary N) is 2. The highest BCUT2D eigenvalue weighted by Gasteiger charge is 2.30. The number of aryl methyl sites for hydroxylation is 2. The second-order valence-corrected chi connectivity index (χ2v) is 13.1. The van der Waals surface area contributed by atoms with Gasteiger partial charge in [-0.15, -0.1) is 0 Å². The third-order valence-electron chi connectivity index (χ3n) is 9.02. The van der Waals surface area contributed by atoms with Crippen molar-refractivity contribution in [1.29, 1.82) is 0 Å². The van der Waals surface area contributed by atoms with Crippen molar-refractivity contribution in [2.24, 2.45) is 0 Å².